The number of rotatable bonds is 5. The Labute approximate surface area is 180 Å². The smallest absolute Gasteiger partial charge is 0.127 e. The zero-order valence-electron chi connectivity index (χ0n) is 17.0. The van der Waals surface area contributed by atoms with E-state index in [1.165, 1.54) is 6.07 Å². The quantitative estimate of drug-likeness (QED) is 0.560. The summed E-state index contributed by atoms with van der Waals surface area (Å²) in [6.07, 6.45) is 0.777. The maximum Gasteiger partial charge on any atom is 0.127 e. The highest BCUT2D eigenvalue weighted by atomic mass is 32.2. The third kappa shape index (κ3) is 4.19. The maximum absolute atomic E-state index is 14.5. The highest BCUT2D eigenvalue weighted by Crippen LogP contribution is 2.47. The first kappa shape index (κ1) is 20.4. The van der Waals surface area contributed by atoms with Gasteiger partial charge in [-0.1, -0.05) is 18.2 Å². The van der Waals surface area contributed by atoms with E-state index < -0.39 is 0 Å². The highest BCUT2D eigenvalue weighted by Gasteiger charge is 2.26. The Bertz CT molecular complexity index is 1040. The minimum atomic E-state index is -0.180. The summed E-state index contributed by atoms with van der Waals surface area (Å²) in [5.41, 5.74) is 2.58. The van der Waals surface area contributed by atoms with E-state index in [1.807, 2.05) is 42.5 Å². The fourth-order valence-electron chi connectivity index (χ4n) is 3.71. The zero-order chi connectivity index (χ0) is 21.1. The molecule has 0 spiro atoms. The van der Waals surface area contributed by atoms with E-state index in [9.17, 15) is 9.50 Å². The van der Waals surface area contributed by atoms with Crippen LogP contribution in [0.2, 0.25) is 0 Å². The molecule has 1 aliphatic rings. The lowest BCUT2D eigenvalue weighted by Crippen LogP contribution is -2.24. The van der Waals surface area contributed by atoms with Gasteiger partial charge >= 0.3 is 0 Å². The molecule has 0 saturated heterocycles. The third-order valence-electron chi connectivity index (χ3n) is 5.34. The van der Waals surface area contributed by atoms with Gasteiger partial charge in [-0.15, -0.1) is 11.8 Å². The molecule has 1 heterocycles. The Kier molecular flexibility index (Phi) is 6.04. The Morgan fingerprint density at radius 2 is 1.77 bits per heavy atom. The molecule has 1 N–H and O–H groups in total. The number of aromatic hydroxyl groups is 1. The number of phenols is 1. The van der Waals surface area contributed by atoms with Crippen molar-refractivity contribution in [3.8, 4) is 17.2 Å². The van der Waals surface area contributed by atoms with E-state index >= 15 is 0 Å². The minimum Gasteiger partial charge on any atom is -0.507 e. The fraction of sp³-hybridized carbons (Fsp3) is 0.250. The van der Waals surface area contributed by atoms with Crippen LogP contribution in [0.1, 0.15) is 22.8 Å². The molecule has 3 aromatic rings. The Balaban J connectivity index is 1.69. The lowest BCUT2D eigenvalue weighted by molar-refractivity contribution is 0.406. The molecule has 0 bridgehead atoms. The van der Waals surface area contributed by atoms with Crippen LogP contribution in [0.3, 0.4) is 0 Å². The summed E-state index contributed by atoms with van der Waals surface area (Å²) in [7, 11) is 3.22. The first-order valence-corrected chi connectivity index (χ1v) is 10.7. The summed E-state index contributed by atoms with van der Waals surface area (Å²) in [6, 6.07) is 18.3. The SMILES string of the molecule is COc1ccc(CN2CC[C@H](c3ccccc3F)Sc3cc(OC)ccc32)c(O)c1. The summed E-state index contributed by atoms with van der Waals surface area (Å²) < 4.78 is 25.1. The molecular formula is C24H24FNO3S. The van der Waals surface area contributed by atoms with Crippen LogP contribution in [0, 0.1) is 5.82 Å². The van der Waals surface area contributed by atoms with Gasteiger partial charge in [-0.2, -0.15) is 0 Å². The average molecular weight is 426 g/mol. The number of anilines is 1. The van der Waals surface area contributed by atoms with Crippen molar-refractivity contribution in [1.82, 2.24) is 0 Å². The zero-order valence-corrected chi connectivity index (χ0v) is 17.8. The molecule has 0 fully saturated rings. The van der Waals surface area contributed by atoms with E-state index in [0.717, 1.165) is 34.9 Å². The van der Waals surface area contributed by atoms with Crippen LogP contribution in [0.5, 0.6) is 17.2 Å². The number of halogens is 1. The van der Waals surface area contributed by atoms with Crippen LogP contribution < -0.4 is 14.4 Å². The second-order valence-electron chi connectivity index (χ2n) is 7.17. The standard InChI is InChI=1S/C24H24FNO3S/c1-28-17-8-7-16(22(27)13-17)15-26-12-11-23(19-5-3-4-6-20(19)25)30-24-14-18(29-2)9-10-21(24)26/h3-10,13-14,23,27H,11-12,15H2,1-2H3/t23-/m1/s1. The largest absolute Gasteiger partial charge is 0.507 e. The predicted octanol–water partition coefficient (Wildman–Crippen LogP) is 5.79. The van der Waals surface area contributed by atoms with E-state index in [-0.39, 0.29) is 16.8 Å². The van der Waals surface area contributed by atoms with Crippen LogP contribution in [0.25, 0.3) is 0 Å². The predicted molar refractivity (Wildman–Crippen MR) is 118 cm³/mol. The van der Waals surface area contributed by atoms with Gasteiger partial charge in [-0.25, -0.2) is 4.39 Å². The Morgan fingerprint density at radius 3 is 2.50 bits per heavy atom. The Hall–Kier alpha value is -2.86. The van der Waals surface area contributed by atoms with Crippen molar-refractivity contribution in [3.05, 3.63) is 77.6 Å². The number of hydrogen-bond donors (Lipinski definition) is 1. The van der Waals surface area contributed by atoms with Gasteiger partial charge in [0.1, 0.15) is 23.1 Å². The molecule has 3 aromatic carbocycles. The third-order valence-corrected chi connectivity index (χ3v) is 6.70. The van der Waals surface area contributed by atoms with Crippen molar-refractivity contribution in [3.63, 3.8) is 0 Å². The number of thioether (sulfide) groups is 1. The monoisotopic (exact) mass is 425 g/mol. The van der Waals surface area contributed by atoms with Crippen LogP contribution in [-0.4, -0.2) is 25.9 Å². The van der Waals surface area contributed by atoms with E-state index in [4.69, 9.17) is 9.47 Å². The second kappa shape index (κ2) is 8.88. The summed E-state index contributed by atoms with van der Waals surface area (Å²) in [5, 5.41) is 10.4. The molecule has 0 aromatic heterocycles. The summed E-state index contributed by atoms with van der Waals surface area (Å²) in [6.45, 7) is 1.27. The van der Waals surface area contributed by atoms with Gasteiger partial charge in [0.2, 0.25) is 0 Å². The van der Waals surface area contributed by atoms with E-state index in [0.29, 0.717) is 17.9 Å². The number of nitrogens with zero attached hydrogens (tertiary/aromatic N) is 1. The van der Waals surface area contributed by atoms with Crippen LogP contribution in [0.15, 0.2) is 65.6 Å². The highest BCUT2D eigenvalue weighted by molar-refractivity contribution is 7.99. The molecule has 0 unspecified atom stereocenters. The van der Waals surface area contributed by atoms with Gasteiger partial charge in [0.05, 0.1) is 19.9 Å². The summed E-state index contributed by atoms with van der Waals surface area (Å²) >= 11 is 1.66. The molecule has 0 aliphatic carbocycles. The van der Waals surface area contributed by atoms with Crippen molar-refractivity contribution >= 4 is 17.4 Å². The maximum atomic E-state index is 14.5. The first-order valence-electron chi connectivity index (χ1n) is 9.79. The molecule has 1 aliphatic heterocycles. The lowest BCUT2D eigenvalue weighted by Gasteiger charge is -2.25. The topological polar surface area (TPSA) is 41.9 Å². The number of fused-ring (bicyclic) bond motifs is 1. The van der Waals surface area contributed by atoms with Gasteiger partial charge in [-0.05, 0) is 42.8 Å². The molecule has 0 saturated carbocycles. The molecule has 0 radical (unpaired) electrons. The van der Waals surface area contributed by atoms with Gasteiger partial charge < -0.3 is 19.5 Å². The van der Waals surface area contributed by atoms with E-state index in [1.54, 1.807) is 38.1 Å². The van der Waals surface area contributed by atoms with Crippen molar-refractivity contribution in [2.45, 2.75) is 23.1 Å². The first-order chi connectivity index (χ1) is 14.6. The lowest BCUT2D eigenvalue weighted by atomic mass is 10.1. The van der Waals surface area contributed by atoms with Crippen LogP contribution in [0.4, 0.5) is 10.1 Å². The second-order valence-corrected chi connectivity index (χ2v) is 8.41. The minimum absolute atomic E-state index is 0.00785. The molecule has 0 amide bonds. The average Bonchev–Trinajstić information content (AvgIpc) is 2.94. The number of phenolic OH excluding ortho intramolecular Hbond substituents is 1. The molecule has 6 heteroatoms. The van der Waals surface area contributed by atoms with Gasteiger partial charge in [-0.3, -0.25) is 0 Å². The van der Waals surface area contributed by atoms with Crippen molar-refractivity contribution in [2.24, 2.45) is 0 Å². The van der Waals surface area contributed by atoms with Crippen LogP contribution in [-0.2, 0) is 6.54 Å². The number of methoxy groups -OCH3 is 2. The van der Waals surface area contributed by atoms with Crippen LogP contribution >= 0.6 is 11.8 Å². The number of benzene rings is 3. The Morgan fingerprint density at radius 1 is 1.03 bits per heavy atom. The molecular weight excluding hydrogens is 401 g/mol. The fourth-order valence-corrected chi connectivity index (χ4v) is 5.06. The van der Waals surface area contributed by atoms with Crippen molar-refractivity contribution in [2.75, 3.05) is 25.7 Å². The summed E-state index contributed by atoms with van der Waals surface area (Å²) in [4.78, 5) is 3.26. The molecule has 30 heavy (non-hydrogen) atoms. The molecule has 156 valence electrons. The molecule has 4 nitrogen and oxygen atoms in total. The van der Waals surface area contributed by atoms with Gasteiger partial charge in [0, 0.05) is 40.4 Å². The van der Waals surface area contributed by atoms with Crippen molar-refractivity contribution < 1.29 is 19.0 Å². The van der Waals surface area contributed by atoms with Gasteiger partial charge in [0.15, 0.2) is 0 Å². The van der Waals surface area contributed by atoms with Gasteiger partial charge in [0.25, 0.3) is 0 Å². The summed E-state index contributed by atoms with van der Waals surface area (Å²) in [5.74, 6) is 1.41. The van der Waals surface area contributed by atoms with Crippen molar-refractivity contribution in [1.29, 1.82) is 0 Å². The number of hydrogen-bond acceptors (Lipinski definition) is 5. The molecule has 1 atom stereocenters. The molecule has 4 rings (SSSR count). The normalized spacial score (nSPS) is 16.0. The number of ether oxygens (including phenoxy) is 2. The van der Waals surface area contributed by atoms with E-state index in [2.05, 4.69) is 4.90 Å².